The number of amides is 2. The van der Waals surface area contributed by atoms with Crippen LogP contribution in [-0.2, 0) is 31.1 Å². The quantitative estimate of drug-likeness (QED) is 0.619. The van der Waals surface area contributed by atoms with Gasteiger partial charge in [0.2, 0.25) is 5.91 Å². The summed E-state index contributed by atoms with van der Waals surface area (Å²) in [5, 5.41) is 0. The molecule has 0 bridgehead atoms. The molecule has 2 heterocycles. The number of anilines is 1. The molecule has 4 rings (SSSR count). The van der Waals surface area contributed by atoms with E-state index in [0.29, 0.717) is 25.1 Å². The SMILES string of the molecule is O=C(CC1CCS(=O)(=O)C1)NNC(=O)c1cccc(S(=O)(=O)N2CCc3ccccc32)c1. The molecule has 1 fully saturated rings. The third-order valence-corrected chi connectivity index (χ3v) is 9.29. The minimum atomic E-state index is -3.86. The Morgan fingerprint density at radius 2 is 1.84 bits per heavy atom. The van der Waals surface area contributed by atoms with Crippen LogP contribution in [0.15, 0.2) is 53.4 Å². The Morgan fingerprint density at radius 1 is 1.06 bits per heavy atom. The van der Waals surface area contributed by atoms with Crippen molar-refractivity contribution in [2.45, 2.75) is 24.2 Å². The Balaban J connectivity index is 1.41. The molecule has 2 aromatic carbocycles. The maximum atomic E-state index is 13.2. The fraction of sp³-hybridized carbons (Fsp3) is 0.333. The number of carbonyl (C=O) groups is 2. The van der Waals surface area contributed by atoms with Gasteiger partial charge in [-0.1, -0.05) is 24.3 Å². The van der Waals surface area contributed by atoms with Gasteiger partial charge in [0.15, 0.2) is 9.84 Å². The van der Waals surface area contributed by atoms with Gasteiger partial charge in [0.25, 0.3) is 15.9 Å². The first kappa shape index (κ1) is 22.3. The second-order valence-electron chi connectivity index (χ2n) is 7.96. The van der Waals surface area contributed by atoms with Crippen LogP contribution in [0.3, 0.4) is 0 Å². The Hall–Kier alpha value is -2.92. The first-order chi connectivity index (χ1) is 15.2. The predicted octanol–water partition coefficient (Wildman–Crippen LogP) is 1.02. The first-order valence-corrected chi connectivity index (χ1v) is 13.4. The number of carbonyl (C=O) groups excluding carboxylic acids is 2. The Morgan fingerprint density at radius 3 is 2.59 bits per heavy atom. The van der Waals surface area contributed by atoms with Crippen LogP contribution in [0.25, 0.3) is 0 Å². The van der Waals surface area contributed by atoms with Gasteiger partial charge in [-0.15, -0.1) is 0 Å². The average molecular weight is 478 g/mol. The number of fused-ring (bicyclic) bond motifs is 1. The van der Waals surface area contributed by atoms with Gasteiger partial charge in [-0.3, -0.25) is 24.7 Å². The summed E-state index contributed by atoms with van der Waals surface area (Å²) < 4.78 is 50.6. The minimum absolute atomic E-state index is 0.0116. The van der Waals surface area contributed by atoms with E-state index in [9.17, 15) is 26.4 Å². The first-order valence-electron chi connectivity index (χ1n) is 10.2. The summed E-state index contributed by atoms with van der Waals surface area (Å²) in [6, 6.07) is 12.9. The molecular formula is C21H23N3O6S2. The number of rotatable bonds is 5. The van der Waals surface area contributed by atoms with Crippen molar-refractivity contribution in [1.82, 2.24) is 10.9 Å². The number of hydrogen-bond donors (Lipinski definition) is 2. The van der Waals surface area contributed by atoms with Crippen LogP contribution in [0.5, 0.6) is 0 Å². The van der Waals surface area contributed by atoms with Crippen molar-refractivity contribution in [1.29, 1.82) is 0 Å². The molecule has 170 valence electrons. The maximum absolute atomic E-state index is 13.2. The van der Waals surface area contributed by atoms with E-state index in [1.165, 1.54) is 28.6 Å². The van der Waals surface area contributed by atoms with Crippen molar-refractivity contribution >= 4 is 37.4 Å². The molecule has 1 atom stereocenters. The van der Waals surface area contributed by atoms with Crippen LogP contribution in [0.2, 0.25) is 0 Å². The molecule has 0 radical (unpaired) electrons. The van der Waals surface area contributed by atoms with E-state index in [-0.39, 0.29) is 34.3 Å². The highest BCUT2D eigenvalue weighted by Gasteiger charge is 2.31. The summed E-state index contributed by atoms with van der Waals surface area (Å²) in [6.45, 7) is 0.324. The number of hydrazine groups is 1. The number of sulfonamides is 1. The molecule has 0 aromatic heterocycles. The van der Waals surface area contributed by atoms with E-state index in [0.717, 1.165) is 5.56 Å². The van der Waals surface area contributed by atoms with Gasteiger partial charge >= 0.3 is 0 Å². The number of nitrogens with one attached hydrogen (secondary N) is 2. The topological polar surface area (TPSA) is 130 Å². The van der Waals surface area contributed by atoms with Crippen LogP contribution in [-0.4, -0.2) is 46.7 Å². The van der Waals surface area contributed by atoms with Crippen molar-refractivity contribution < 1.29 is 26.4 Å². The van der Waals surface area contributed by atoms with Gasteiger partial charge in [0.1, 0.15) is 0 Å². The Kier molecular flexibility index (Phi) is 5.95. The highest BCUT2D eigenvalue weighted by atomic mass is 32.2. The molecular weight excluding hydrogens is 454 g/mol. The lowest BCUT2D eigenvalue weighted by molar-refractivity contribution is -0.122. The number of benzene rings is 2. The second kappa shape index (κ2) is 8.55. The van der Waals surface area contributed by atoms with Gasteiger partial charge in [-0.2, -0.15) is 0 Å². The summed E-state index contributed by atoms with van der Waals surface area (Å²) >= 11 is 0. The zero-order valence-electron chi connectivity index (χ0n) is 17.2. The van der Waals surface area contributed by atoms with Crippen LogP contribution in [0, 0.1) is 5.92 Å². The normalized spacial score (nSPS) is 19.4. The fourth-order valence-corrected chi connectivity index (χ4v) is 7.44. The lowest BCUT2D eigenvalue weighted by Crippen LogP contribution is -2.42. The lowest BCUT2D eigenvalue weighted by atomic mass is 10.1. The van der Waals surface area contributed by atoms with Gasteiger partial charge in [-0.25, -0.2) is 16.8 Å². The van der Waals surface area contributed by atoms with Gasteiger partial charge in [-0.05, 0) is 48.6 Å². The molecule has 32 heavy (non-hydrogen) atoms. The molecule has 0 aliphatic carbocycles. The summed E-state index contributed by atoms with van der Waals surface area (Å²) in [5.41, 5.74) is 6.18. The van der Waals surface area contributed by atoms with E-state index >= 15 is 0 Å². The van der Waals surface area contributed by atoms with Gasteiger partial charge in [0, 0.05) is 18.5 Å². The molecule has 1 unspecified atom stereocenters. The standard InChI is InChI=1S/C21H23N3O6S2/c25-20(12-15-9-11-31(27,28)14-15)22-23-21(26)17-5-3-6-18(13-17)32(29,30)24-10-8-16-4-1-2-7-19(16)24/h1-7,13,15H,8-12,14H2,(H,22,25)(H,23,26). The molecule has 1 saturated heterocycles. The van der Waals surface area contributed by atoms with Crippen LogP contribution < -0.4 is 15.2 Å². The summed E-state index contributed by atoms with van der Waals surface area (Å²) in [6.07, 6.45) is 1.02. The van der Waals surface area contributed by atoms with E-state index in [4.69, 9.17) is 0 Å². The van der Waals surface area contributed by atoms with Crippen molar-refractivity contribution in [2.75, 3.05) is 22.4 Å². The Bertz CT molecular complexity index is 1270. The highest BCUT2D eigenvalue weighted by Crippen LogP contribution is 2.32. The molecule has 0 spiro atoms. The zero-order chi connectivity index (χ0) is 22.9. The predicted molar refractivity (Wildman–Crippen MR) is 118 cm³/mol. The average Bonchev–Trinajstić information content (AvgIpc) is 3.35. The van der Waals surface area contributed by atoms with E-state index in [1.54, 1.807) is 12.1 Å². The van der Waals surface area contributed by atoms with Gasteiger partial charge in [0.05, 0.1) is 22.1 Å². The zero-order valence-corrected chi connectivity index (χ0v) is 18.8. The van der Waals surface area contributed by atoms with Crippen LogP contribution >= 0.6 is 0 Å². The van der Waals surface area contributed by atoms with Crippen LogP contribution in [0.4, 0.5) is 5.69 Å². The molecule has 2 aliphatic rings. The summed E-state index contributed by atoms with van der Waals surface area (Å²) in [4.78, 5) is 24.5. The molecule has 2 N–H and O–H groups in total. The van der Waals surface area contributed by atoms with Gasteiger partial charge < -0.3 is 0 Å². The van der Waals surface area contributed by atoms with E-state index in [2.05, 4.69) is 10.9 Å². The number of nitrogens with zero attached hydrogens (tertiary/aromatic N) is 1. The summed E-state index contributed by atoms with van der Waals surface area (Å²) in [7, 11) is -6.95. The van der Waals surface area contributed by atoms with Crippen molar-refractivity contribution in [3.63, 3.8) is 0 Å². The molecule has 2 amide bonds. The summed E-state index contributed by atoms with van der Waals surface area (Å²) in [5.74, 6) is -1.41. The molecule has 2 aromatic rings. The maximum Gasteiger partial charge on any atom is 0.269 e. The number of para-hydroxylation sites is 1. The van der Waals surface area contributed by atoms with E-state index < -0.39 is 31.7 Å². The molecule has 11 heteroatoms. The van der Waals surface area contributed by atoms with Crippen molar-refractivity contribution in [3.8, 4) is 0 Å². The number of sulfone groups is 1. The third kappa shape index (κ3) is 4.63. The van der Waals surface area contributed by atoms with Crippen molar-refractivity contribution in [2.24, 2.45) is 5.92 Å². The largest absolute Gasteiger partial charge is 0.273 e. The van der Waals surface area contributed by atoms with Crippen molar-refractivity contribution in [3.05, 3.63) is 59.7 Å². The smallest absolute Gasteiger partial charge is 0.269 e. The highest BCUT2D eigenvalue weighted by molar-refractivity contribution is 7.93. The fourth-order valence-electron chi connectivity index (χ4n) is 4.03. The minimum Gasteiger partial charge on any atom is -0.273 e. The molecule has 0 saturated carbocycles. The van der Waals surface area contributed by atoms with E-state index in [1.807, 2.05) is 12.1 Å². The monoisotopic (exact) mass is 477 g/mol. The number of hydrogen-bond acceptors (Lipinski definition) is 6. The molecule has 2 aliphatic heterocycles. The van der Waals surface area contributed by atoms with Crippen LogP contribution in [0.1, 0.15) is 28.8 Å². The third-order valence-electron chi connectivity index (χ3n) is 5.65. The lowest BCUT2D eigenvalue weighted by Gasteiger charge is -2.20. The Labute approximate surface area is 186 Å². The molecule has 9 nitrogen and oxygen atoms in total. The second-order valence-corrected chi connectivity index (χ2v) is 12.1.